The highest BCUT2D eigenvalue weighted by molar-refractivity contribution is 6.32. The average Bonchev–Trinajstić information content (AvgIpc) is 2.85. The number of imide groups is 1. The number of benzene rings is 1. The highest BCUT2D eigenvalue weighted by Crippen LogP contribution is 2.30. The van der Waals surface area contributed by atoms with Gasteiger partial charge in [-0.2, -0.15) is 0 Å². The molecule has 0 saturated carbocycles. The van der Waals surface area contributed by atoms with E-state index in [9.17, 15) is 24.3 Å². The number of fused-ring (bicyclic) bond motifs is 1. The van der Waals surface area contributed by atoms with Crippen molar-refractivity contribution in [3.05, 3.63) is 38.7 Å². The summed E-state index contributed by atoms with van der Waals surface area (Å²) in [6.07, 6.45) is -0.532. The summed E-state index contributed by atoms with van der Waals surface area (Å²) >= 11 is 5.86. The Morgan fingerprint density at radius 3 is 2.56 bits per heavy atom. The molecule has 0 bridgehead atoms. The first-order chi connectivity index (χ1) is 11.8. The second kappa shape index (κ2) is 6.21. The second-order valence-electron chi connectivity index (χ2n) is 5.51. The SMILES string of the molecule is Cc1c(CC(=O)ON2C(=O)CCC2=O)c(=O)oc2cc(O)c(Cl)cc12. The molecule has 130 valence electrons. The highest BCUT2D eigenvalue weighted by atomic mass is 35.5. The van der Waals surface area contributed by atoms with Crippen LogP contribution < -0.4 is 5.63 Å². The Morgan fingerprint density at radius 1 is 1.28 bits per heavy atom. The number of carbonyl (C=O) groups is 3. The van der Waals surface area contributed by atoms with Crippen LogP contribution in [0.3, 0.4) is 0 Å². The van der Waals surface area contributed by atoms with Crippen LogP contribution in [0.5, 0.6) is 5.75 Å². The Bertz CT molecular complexity index is 963. The fourth-order valence-corrected chi connectivity index (χ4v) is 2.70. The number of rotatable bonds is 3. The maximum absolute atomic E-state index is 12.1. The minimum Gasteiger partial charge on any atom is -0.506 e. The summed E-state index contributed by atoms with van der Waals surface area (Å²) in [5.41, 5.74) is -0.239. The van der Waals surface area contributed by atoms with Gasteiger partial charge in [0.1, 0.15) is 11.3 Å². The van der Waals surface area contributed by atoms with Crippen LogP contribution in [-0.2, 0) is 25.6 Å². The normalized spacial score (nSPS) is 14.4. The van der Waals surface area contributed by atoms with Gasteiger partial charge in [0.25, 0.3) is 11.8 Å². The minimum atomic E-state index is -0.941. The van der Waals surface area contributed by atoms with E-state index in [1.54, 1.807) is 6.92 Å². The van der Waals surface area contributed by atoms with E-state index in [2.05, 4.69) is 0 Å². The second-order valence-corrected chi connectivity index (χ2v) is 5.92. The molecule has 0 radical (unpaired) electrons. The lowest BCUT2D eigenvalue weighted by molar-refractivity contribution is -0.197. The van der Waals surface area contributed by atoms with Crippen molar-refractivity contribution >= 4 is 40.4 Å². The predicted molar refractivity (Wildman–Crippen MR) is 84.8 cm³/mol. The molecular formula is C16H12ClNO7. The molecule has 1 aromatic heterocycles. The van der Waals surface area contributed by atoms with Crippen molar-refractivity contribution in [1.29, 1.82) is 0 Å². The van der Waals surface area contributed by atoms with Crippen molar-refractivity contribution in [3.8, 4) is 5.75 Å². The van der Waals surface area contributed by atoms with Gasteiger partial charge in [-0.3, -0.25) is 9.59 Å². The lowest BCUT2D eigenvalue weighted by Crippen LogP contribution is -2.33. The van der Waals surface area contributed by atoms with E-state index in [-0.39, 0.29) is 34.8 Å². The van der Waals surface area contributed by atoms with Crippen molar-refractivity contribution in [2.45, 2.75) is 26.2 Å². The van der Waals surface area contributed by atoms with E-state index >= 15 is 0 Å². The van der Waals surface area contributed by atoms with Crippen molar-refractivity contribution in [1.82, 2.24) is 5.06 Å². The van der Waals surface area contributed by atoms with Crippen LogP contribution in [0, 0.1) is 6.92 Å². The monoisotopic (exact) mass is 365 g/mol. The number of hydroxylamine groups is 2. The van der Waals surface area contributed by atoms with Gasteiger partial charge in [-0.1, -0.05) is 11.6 Å². The van der Waals surface area contributed by atoms with E-state index in [1.165, 1.54) is 12.1 Å². The summed E-state index contributed by atoms with van der Waals surface area (Å²) in [7, 11) is 0. The van der Waals surface area contributed by atoms with Crippen LogP contribution in [0.4, 0.5) is 0 Å². The maximum Gasteiger partial charge on any atom is 0.340 e. The molecule has 1 saturated heterocycles. The molecule has 2 aromatic rings. The molecule has 1 aliphatic rings. The lowest BCUT2D eigenvalue weighted by Gasteiger charge is -2.13. The van der Waals surface area contributed by atoms with Crippen molar-refractivity contribution in [2.75, 3.05) is 0 Å². The van der Waals surface area contributed by atoms with Gasteiger partial charge < -0.3 is 14.4 Å². The zero-order chi connectivity index (χ0) is 18.3. The zero-order valence-corrected chi connectivity index (χ0v) is 13.8. The fraction of sp³-hybridized carbons (Fsp3) is 0.250. The summed E-state index contributed by atoms with van der Waals surface area (Å²) in [6, 6.07) is 2.61. The summed E-state index contributed by atoms with van der Waals surface area (Å²) in [6.45, 7) is 1.58. The molecular weight excluding hydrogens is 354 g/mol. The lowest BCUT2D eigenvalue weighted by atomic mass is 10.0. The third kappa shape index (κ3) is 3.08. The Labute approximate surface area is 145 Å². The van der Waals surface area contributed by atoms with E-state index in [4.69, 9.17) is 20.9 Å². The molecule has 2 heterocycles. The molecule has 1 aliphatic heterocycles. The minimum absolute atomic E-state index is 0.0124. The number of halogens is 1. The number of phenols is 1. The average molecular weight is 366 g/mol. The number of aromatic hydroxyl groups is 1. The van der Waals surface area contributed by atoms with E-state index in [1.807, 2.05) is 0 Å². The molecule has 3 rings (SSSR count). The predicted octanol–water partition coefficient (Wildman–Crippen LogP) is 1.61. The Kier molecular flexibility index (Phi) is 4.22. The van der Waals surface area contributed by atoms with Gasteiger partial charge in [-0.25, -0.2) is 9.59 Å². The quantitative estimate of drug-likeness (QED) is 0.649. The van der Waals surface area contributed by atoms with Crippen molar-refractivity contribution in [2.24, 2.45) is 0 Å². The molecule has 8 nitrogen and oxygen atoms in total. The van der Waals surface area contributed by atoms with Gasteiger partial charge in [-0.05, 0) is 18.6 Å². The summed E-state index contributed by atoms with van der Waals surface area (Å²) < 4.78 is 5.09. The first-order valence-corrected chi connectivity index (χ1v) is 7.67. The van der Waals surface area contributed by atoms with Crippen LogP contribution >= 0.6 is 11.6 Å². The zero-order valence-electron chi connectivity index (χ0n) is 13.0. The number of hydrogen-bond acceptors (Lipinski definition) is 7. The molecule has 0 aliphatic carbocycles. The molecule has 25 heavy (non-hydrogen) atoms. The van der Waals surface area contributed by atoms with E-state index in [0.717, 1.165) is 0 Å². The molecule has 9 heteroatoms. The summed E-state index contributed by atoms with van der Waals surface area (Å²) in [5, 5.41) is 10.5. The molecule has 1 N–H and O–H groups in total. The van der Waals surface area contributed by atoms with E-state index in [0.29, 0.717) is 16.0 Å². The van der Waals surface area contributed by atoms with Gasteiger partial charge in [0.15, 0.2) is 0 Å². The van der Waals surface area contributed by atoms with Crippen LogP contribution in [-0.4, -0.2) is 28.0 Å². The van der Waals surface area contributed by atoms with Crippen LogP contribution in [0.2, 0.25) is 5.02 Å². The number of carbonyl (C=O) groups excluding carboxylic acids is 3. The van der Waals surface area contributed by atoms with Crippen molar-refractivity contribution in [3.63, 3.8) is 0 Å². The molecule has 1 aromatic carbocycles. The molecule has 0 atom stereocenters. The van der Waals surface area contributed by atoms with Crippen LogP contribution in [0.25, 0.3) is 11.0 Å². The van der Waals surface area contributed by atoms with Gasteiger partial charge in [0.2, 0.25) is 0 Å². The third-order valence-corrected chi connectivity index (χ3v) is 4.18. The van der Waals surface area contributed by atoms with Crippen molar-refractivity contribution < 1.29 is 28.7 Å². The Balaban J connectivity index is 1.92. The van der Waals surface area contributed by atoms with Crippen LogP contribution in [0.1, 0.15) is 24.0 Å². The standard InChI is InChI=1S/C16H12ClNO7/c1-7-8-4-10(17)11(19)6-12(8)24-16(23)9(7)5-15(22)25-18-13(20)2-3-14(18)21/h4,6,19H,2-3,5H2,1H3. The highest BCUT2D eigenvalue weighted by Gasteiger charge is 2.33. The molecule has 1 fully saturated rings. The first-order valence-electron chi connectivity index (χ1n) is 7.29. The number of phenolic OH excluding ortho intramolecular Hbond substituents is 1. The number of hydrogen-bond donors (Lipinski definition) is 1. The van der Waals surface area contributed by atoms with E-state index < -0.39 is 29.8 Å². The van der Waals surface area contributed by atoms with Gasteiger partial charge in [0, 0.05) is 24.3 Å². The topological polar surface area (TPSA) is 114 Å². The smallest absolute Gasteiger partial charge is 0.340 e. The Hall–Kier alpha value is -2.87. The largest absolute Gasteiger partial charge is 0.506 e. The Morgan fingerprint density at radius 2 is 1.92 bits per heavy atom. The van der Waals surface area contributed by atoms with Gasteiger partial charge in [-0.15, -0.1) is 5.06 Å². The van der Waals surface area contributed by atoms with Crippen LogP contribution in [0.15, 0.2) is 21.3 Å². The van der Waals surface area contributed by atoms with Gasteiger partial charge in [0.05, 0.1) is 17.0 Å². The fourth-order valence-electron chi connectivity index (χ4n) is 2.54. The number of nitrogens with zero attached hydrogens (tertiary/aromatic N) is 1. The number of amides is 2. The molecule has 0 spiro atoms. The van der Waals surface area contributed by atoms with Gasteiger partial charge >= 0.3 is 11.6 Å². The number of aryl methyl sites for hydroxylation is 1. The third-order valence-electron chi connectivity index (χ3n) is 3.87. The first kappa shape index (κ1) is 17.0. The summed E-state index contributed by atoms with van der Waals surface area (Å²) in [5.74, 6) is -2.40. The maximum atomic E-state index is 12.1. The molecule has 2 amide bonds. The molecule has 0 unspecified atom stereocenters. The summed E-state index contributed by atoms with van der Waals surface area (Å²) in [4.78, 5) is 51.8.